The Labute approximate surface area is 303 Å². The molecule has 2 heteroatoms. The third kappa shape index (κ3) is 3.87. The molecule has 11 rings (SSSR count). The first kappa shape index (κ1) is 28.9. The highest BCUT2D eigenvalue weighted by Crippen LogP contribution is 2.67. The number of halogens is 1. The molecular formula is C49H32ClN. The van der Waals surface area contributed by atoms with E-state index in [9.17, 15) is 0 Å². The van der Waals surface area contributed by atoms with Crippen molar-refractivity contribution < 1.29 is 0 Å². The maximum atomic E-state index is 7.37. The predicted octanol–water partition coefficient (Wildman–Crippen LogP) is 12.7. The van der Waals surface area contributed by atoms with Crippen molar-refractivity contribution in [2.75, 3.05) is 4.90 Å². The molecule has 240 valence electrons. The van der Waals surface area contributed by atoms with Gasteiger partial charge in [0.05, 0.1) is 17.1 Å². The fraction of sp³-hybridized carbons (Fsp3) is 0.0612. The van der Waals surface area contributed by atoms with Gasteiger partial charge in [-0.15, -0.1) is 0 Å². The Kier molecular flexibility index (Phi) is 6.12. The summed E-state index contributed by atoms with van der Waals surface area (Å²) in [7, 11) is 0. The van der Waals surface area contributed by atoms with Crippen molar-refractivity contribution >= 4 is 23.0 Å². The van der Waals surface area contributed by atoms with Crippen LogP contribution >= 0.6 is 11.6 Å². The topological polar surface area (TPSA) is 3.24 Å². The minimum Gasteiger partial charge on any atom is -0.332 e. The largest absolute Gasteiger partial charge is 0.332 e. The van der Waals surface area contributed by atoms with E-state index in [-0.39, 0.29) is 12.0 Å². The SMILES string of the molecule is Clc1ccc2c3c1-c1ccccc1N1c4c(ccc(c4-3)C2(c2ccc(-c3ccccc3)cc2)c2ccc(-c3ccccc3)cc2)C2C=CC=CC21. The number of fused-ring (bicyclic) bond motifs is 6. The predicted molar refractivity (Wildman–Crippen MR) is 212 cm³/mol. The van der Waals surface area contributed by atoms with Gasteiger partial charge < -0.3 is 4.90 Å². The lowest BCUT2D eigenvalue weighted by Crippen LogP contribution is -2.30. The number of para-hydroxylation sites is 1. The maximum Gasteiger partial charge on any atom is 0.0714 e. The fourth-order valence-electron chi connectivity index (χ4n) is 9.59. The maximum absolute atomic E-state index is 7.37. The van der Waals surface area contributed by atoms with Crippen LogP contribution in [0, 0.1) is 0 Å². The lowest BCUT2D eigenvalue weighted by atomic mass is 9.67. The van der Waals surface area contributed by atoms with Crippen LogP contribution in [0.1, 0.15) is 33.7 Å². The Balaban J connectivity index is 1.25. The van der Waals surface area contributed by atoms with Crippen molar-refractivity contribution in [3.05, 3.63) is 215 Å². The number of hydrogen-bond acceptors (Lipinski definition) is 1. The van der Waals surface area contributed by atoms with Gasteiger partial charge in [-0.1, -0.05) is 181 Å². The van der Waals surface area contributed by atoms with Gasteiger partial charge in [0.1, 0.15) is 0 Å². The quantitative estimate of drug-likeness (QED) is 0.180. The molecule has 2 atom stereocenters. The van der Waals surface area contributed by atoms with Crippen LogP contribution in [-0.4, -0.2) is 6.04 Å². The van der Waals surface area contributed by atoms with E-state index in [0.717, 1.165) is 10.6 Å². The van der Waals surface area contributed by atoms with E-state index in [1.165, 1.54) is 78.1 Å². The fourth-order valence-corrected chi connectivity index (χ4v) is 9.85. The van der Waals surface area contributed by atoms with Gasteiger partial charge in [-0.05, 0) is 67.8 Å². The molecule has 7 aromatic carbocycles. The van der Waals surface area contributed by atoms with Crippen molar-refractivity contribution in [3.63, 3.8) is 0 Å². The first-order chi connectivity index (χ1) is 25.2. The number of allylic oxidation sites excluding steroid dienone is 2. The zero-order valence-corrected chi connectivity index (χ0v) is 28.6. The van der Waals surface area contributed by atoms with Crippen molar-refractivity contribution in [2.24, 2.45) is 0 Å². The second-order valence-electron chi connectivity index (χ2n) is 14.1. The summed E-state index contributed by atoms with van der Waals surface area (Å²) < 4.78 is 0. The molecule has 0 aromatic heterocycles. The highest BCUT2D eigenvalue weighted by atomic mass is 35.5. The summed E-state index contributed by atoms with van der Waals surface area (Å²) in [5.74, 6) is 0.276. The van der Waals surface area contributed by atoms with Crippen LogP contribution in [0.3, 0.4) is 0 Å². The summed E-state index contributed by atoms with van der Waals surface area (Å²) in [6.07, 6.45) is 9.17. The second kappa shape index (κ2) is 10.8. The van der Waals surface area contributed by atoms with Gasteiger partial charge in [-0.2, -0.15) is 0 Å². The molecule has 2 unspecified atom stereocenters. The van der Waals surface area contributed by atoms with Gasteiger partial charge >= 0.3 is 0 Å². The average Bonchev–Trinajstić information content (AvgIpc) is 3.64. The number of nitrogens with zero attached hydrogens (tertiary/aromatic N) is 1. The molecule has 0 radical (unpaired) electrons. The molecule has 2 aliphatic carbocycles. The summed E-state index contributed by atoms with van der Waals surface area (Å²) in [5, 5.41) is 0.788. The van der Waals surface area contributed by atoms with Crippen LogP contribution in [0.2, 0.25) is 5.02 Å². The number of rotatable bonds is 4. The molecule has 0 spiro atoms. The van der Waals surface area contributed by atoms with E-state index in [1.54, 1.807) is 0 Å². The zero-order chi connectivity index (χ0) is 33.7. The van der Waals surface area contributed by atoms with E-state index < -0.39 is 5.41 Å². The summed E-state index contributed by atoms with van der Waals surface area (Å²) in [6, 6.07) is 58.3. The molecule has 1 nitrogen and oxygen atoms in total. The molecule has 2 heterocycles. The lowest BCUT2D eigenvalue weighted by molar-refractivity contribution is 0.745. The second-order valence-corrected chi connectivity index (χ2v) is 14.5. The number of anilines is 2. The lowest BCUT2D eigenvalue weighted by Gasteiger charge is -2.35. The standard InChI is InChI=1S/C49H32ClN/c50-42-30-29-40-46-45(42)39-16-8-10-18-44(39)51-43-17-9-7-15-37(43)38-27-28-41(47(46)48(38)51)49(40,35-23-19-33(20-24-35)31-11-3-1-4-12-31)36-25-21-34(22-26-36)32-13-5-2-6-14-32/h1-30,37,43H. The molecule has 0 saturated heterocycles. The van der Waals surface area contributed by atoms with Crippen LogP contribution in [0.5, 0.6) is 0 Å². The molecule has 4 aliphatic rings. The Morgan fingerprint density at radius 1 is 0.471 bits per heavy atom. The van der Waals surface area contributed by atoms with E-state index in [4.69, 9.17) is 11.6 Å². The van der Waals surface area contributed by atoms with Crippen molar-refractivity contribution in [2.45, 2.75) is 17.4 Å². The van der Waals surface area contributed by atoms with Crippen LogP contribution in [-0.2, 0) is 5.41 Å². The third-order valence-corrected chi connectivity index (χ3v) is 12.0. The summed E-state index contributed by atoms with van der Waals surface area (Å²) in [6.45, 7) is 0. The van der Waals surface area contributed by atoms with Crippen LogP contribution < -0.4 is 4.90 Å². The van der Waals surface area contributed by atoms with Gasteiger partial charge in [0.15, 0.2) is 0 Å². The Morgan fingerprint density at radius 2 is 1.02 bits per heavy atom. The molecule has 0 fully saturated rings. The first-order valence-electron chi connectivity index (χ1n) is 17.8. The van der Waals surface area contributed by atoms with Crippen LogP contribution in [0.25, 0.3) is 44.5 Å². The summed E-state index contributed by atoms with van der Waals surface area (Å²) in [4.78, 5) is 2.61. The van der Waals surface area contributed by atoms with Crippen LogP contribution in [0.4, 0.5) is 11.4 Å². The molecule has 51 heavy (non-hydrogen) atoms. The number of benzene rings is 7. The summed E-state index contributed by atoms with van der Waals surface area (Å²) in [5.41, 5.74) is 18.2. The molecule has 0 amide bonds. The monoisotopic (exact) mass is 669 g/mol. The third-order valence-electron chi connectivity index (χ3n) is 11.7. The first-order valence-corrected chi connectivity index (χ1v) is 18.2. The Hall–Kier alpha value is -5.89. The summed E-state index contributed by atoms with van der Waals surface area (Å²) >= 11 is 7.37. The van der Waals surface area contributed by atoms with Crippen molar-refractivity contribution in [1.82, 2.24) is 0 Å². The van der Waals surface area contributed by atoms with Crippen LogP contribution in [0.15, 0.2) is 182 Å². The van der Waals surface area contributed by atoms with Gasteiger partial charge in [-0.3, -0.25) is 0 Å². The normalized spacial score (nSPS) is 17.9. The highest BCUT2D eigenvalue weighted by molar-refractivity contribution is 6.35. The molecule has 2 aliphatic heterocycles. The van der Waals surface area contributed by atoms with Gasteiger partial charge in [-0.25, -0.2) is 0 Å². The van der Waals surface area contributed by atoms with Gasteiger partial charge in [0, 0.05) is 33.3 Å². The van der Waals surface area contributed by atoms with E-state index in [1.807, 2.05) is 0 Å². The number of hydrogen-bond donors (Lipinski definition) is 0. The van der Waals surface area contributed by atoms with Crippen molar-refractivity contribution in [3.8, 4) is 44.5 Å². The highest BCUT2D eigenvalue weighted by Gasteiger charge is 2.53. The molecule has 0 bridgehead atoms. The molecule has 0 N–H and O–H groups in total. The Morgan fingerprint density at radius 3 is 1.69 bits per heavy atom. The van der Waals surface area contributed by atoms with Crippen molar-refractivity contribution in [1.29, 1.82) is 0 Å². The molecule has 7 aromatic rings. The Bertz CT molecular complexity index is 2500. The molecular weight excluding hydrogens is 638 g/mol. The average molecular weight is 670 g/mol. The van der Waals surface area contributed by atoms with E-state index in [2.05, 4.69) is 187 Å². The molecule has 0 saturated carbocycles. The van der Waals surface area contributed by atoms with E-state index in [0.29, 0.717) is 0 Å². The minimum atomic E-state index is -0.569. The van der Waals surface area contributed by atoms with Gasteiger partial charge in [0.2, 0.25) is 0 Å². The van der Waals surface area contributed by atoms with E-state index >= 15 is 0 Å². The van der Waals surface area contributed by atoms with Gasteiger partial charge in [0.25, 0.3) is 0 Å². The smallest absolute Gasteiger partial charge is 0.0714 e. The minimum absolute atomic E-state index is 0.194. The zero-order valence-electron chi connectivity index (χ0n) is 27.8.